The van der Waals surface area contributed by atoms with E-state index in [0.717, 1.165) is 5.75 Å². The van der Waals surface area contributed by atoms with E-state index in [9.17, 15) is 9.59 Å². The number of aromatic amines is 1. The largest absolute Gasteiger partial charge is 0.492 e. The molecular weight excluding hydrogens is 398 g/mol. The molecule has 0 saturated carbocycles. The third-order valence-corrected chi connectivity index (χ3v) is 4.49. The topological polar surface area (TPSA) is 97.7 Å². The summed E-state index contributed by atoms with van der Waals surface area (Å²) in [6.07, 6.45) is 0. The van der Waals surface area contributed by atoms with Crippen molar-refractivity contribution in [3.05, 3.63) is 56.8 Å². The number of nitrogens with zero attached hydrogens (tertiary/aromatic N) is 2. The molecule has 3 rings (SSSR count). The molecule has 0 aliphatic carbocycles. The highest BCUT2D eigenvalue weighted by molar-refractivity contribution is 6.30. The molecule has 0 bridgehead atoms. The molecule has 0 aliphatic rings. The maximum atomic E-state index is 12.5. The van der Waals surface area contributed by atoms with E-state index in [1.54, 1.807) is 38.1 Å². The lowest BCUT2D eigenvalue weighted by Gasteiger charge is -2.16. The van der Waals surface area contributed by atoms with Crippen molar-refractivity contribution in [3.8, 4) is 5.75 Å². The number of hydrogen-bond donors (Lipinski definition) is 1. The lowest BCUT2D eigenvalue weighted by atomic mass is 10.2. The van der Waals surface area contributed by atoms with Gasteiger partial charge in [-0.2, -0.15) is 4.98 Å². The van der Waals surface area contributed by atoms with E-state index >= 15 is 0 Å². The van der Waals surface area contributed by atoms with Crippen LogP contribution >= 0.6 is 11.6 Å². The van der Waals surface area contributed by atoms with Gasteiger partial charge in [0.15, 0.2) is 0 Å². The van der Waals surface area contributed by atoms with E-state index in [1.807, 2.05) is 11.9 Å². The fourth-order valence-electron chi connectivity index (χ4n) is 2.87. The normalized spacial score (nSPS) is 11.2. The summed E-state index contributed by atoms with van der Waals surface area (Å²) in [5.41, 5.74) is -0.197. The van der Waals surface area contributed by atoms with Crippen LogP contribution in [0, 0.1) is 6.92 Å². The summed E-state index contributed by atoms with van der Waals surface area (Å²) in [6.45, 7) is 4.95. The van der Waals surface area contributed by atoms with Crippen LogP contribution in [0.3, 0.4) is 0 Å². The van der Waals surface area contributed by atoms with Gasteiger partial charge >= 0.3 is 5.97 Å². The molecule has 0 amide bonds. The van der Waals surface area contributed by atoms with Crippen molar-refractivity contribution in [1.82, 2.24) is 14.9 Å². The van der Waals surface area contributed by atoms with Gasteiger partial charge in [0.25, 0.3) is 5.56 Å². The minimum atomic E-state index is -0.597. The Balaban J connectivity index is 1.67. The Hall–Kier alpha value is -2.84. The zero-order valence-electron chi connectivity index (χ0n) is 16.5. The van der Waals surface area contributed by atoms with Crippen molar-refractivity contribution in [1.29, 1.82) is 0 Å². The lowest BCUT2D eigenvalue weighted by Crippen LogP contribution is -2.26. The monoisotopic (exact) mass is 419 g/mol. The van der Waals surface area contributed by atoms with Crippen molar-refractivity contribution in [2.24, 2.45) is 0 Å². The number of fused-ring (bicyclic) bond motifs is 1. The molecule has 1 N–H and O–H groups in total. The molecule has 2 aromatic heterocycles. The molecule has 9 heteroatoms. The minimum Gasteiger partial charge on any atom is -0.492 e. The number of furan rings is 1. The summed E-state index contributed by atoms with van der Waals surface area (Å²) < 4.78 is 16.2. The fraction of sp³-hybridized carbons (Fsp3) is 0.350. The number of ether oxygens (including phenoxy) is 2. The number of esters is 1. The van der Waals surface area contributed by atoms with Gasteiger partial charge in [0.2, 0.25) is 5.71 Å². The molecule has 8 nitrogen and oxygen atoms in total. The number of carbonyl (C=O) groups is 1. The number of H-pyrrole nitrogens is 1. The Morgan fingerprint density at radius 1 is 1.31 bits per heavy atom. The lowest BCUT2D eigenvalue weighted by molar-refractivity contribution is 0.0526. The molecule has 3 aromatic rings. The Morgan fingerprint density at radius 3 is 2.72 bits per heavy atom. The SMILES string of the molecule is CCOC(=O)c1c(C)oc2nc(CN(C)CCOc3ccc(Cl)cc3)[nH]c(=O)c12. The number of aryl methyl sites for hydroxylation is 1. The zero-order chi connectivity index (χ0) is 21.0. The van der Waals surface area contributed by atoms with Crippen molar-refractivity contribution in [3.63, 3.8) is 0 Å². The van der Waals surface area contributed by atoms with Gasteiger partial charge in [0.1, 0.15) is 34.9 Å². The summed E-state index contributed by atoms with van der Waals surface area (Å²) >= 11 is 5.85. The molecule has 0 aliphatic heterocycles. The van der Waals surface area contributed by atoms with E-state index < -0.39 is 11.5 Å². The highest BCUT2D eigenvalue weighted by atomic mass is 35.5. The number of carbonyl (C=O) groups excluding carboxylic acids is 1. The second-order valence-electron chi connectivity index (χ2n) is 6.49. The first-order chi connectivity index (χ1) is 13.9. The Labute approximate surface area is 172 Å². The molecular formula is C20H22ClN3O5. The third kappa shape index (κ3) is 4.96. The van der Waals surface area contributed by atoms with Crippen molar-refractivity contribution >= 4 is 28.7 Å². The van der Waals surface area contributed by atoms with Crippen LogP contribution in [0.15, 0.2) is 33.5 Å². The van der Waals surface area contributed by atoms with Crippen LogP contribution in [0.25, 0.3) is 11.1 Å². The van der Waals surface area contributed by atoms with E-state index in [1.165, 1.54) is 0 Å². The zero-order valence-corrected chi connectivity index (χ0v) is 17.2. The van der Waals surface area contributed by atoms with Crippen molar-refractivity contribution in [2.75, 3.05) is 26.8 Å². The number of nitrogens with one attached hydrogen (secondary N) is 1. The van der Waals surface area contributed by atoms with E-state index in [-0.39, 0.29) is 23.3 Å². The van der Waals surface area contributed by atoms with Gasteiger partial charge in [0, 0.05) is 11.6 Å². The first-order valence-corrected chi connectivity index (χ1v) is 9.53. The van der Waals surface area contributed by atoms with Gasteiger partial charge in [-0.15, -0.1) is 0 Å². The van der Waals surface area contributed by atoms with Gasteiger partial charge in [0.05, 0.1) is 13.2 Å². The number of aromatic nitrogens is 2. The average molecular weight is 420 g/mol. The Bertz CT molecular complexity index is 1060. The fourth-order valence-corrected chi connectivity index (χ4v) is 3.00. The third-order valence-electron chi connectivity index (χ3n) is 4.24. The molecule has 0 unspecified atom stereocenters. The van der Waals surface area contributed by atoms with E-state index in [4.69, 9.17) is 25.5 Å². The maximum absolute atomic E-state index is 12.5. The average Bonchev–Trinajstić information content (AvgIpc) is 3.00. The van der Waals surface area contributed by atoms with Crippen LogP contribution < -0.4 is 10.3 Å². The number of halogens is 1. The molecule has 0 saturated heterocycles. The number of benzene rings is 1. The first-order valence-electron chi connectivity index (χ1n) is 9.15. The van der Waals surface area contributed by atoms with Gasteiger partial charge in [-0.3, -0.25) is 9.69 Å². The maximum Gasteiger partial charge on any atom is 0.342 e. The number of likely N-dealkylation sites (N-methyl/N-ethyl adjacent to an activating group) is 1. The number of hydrogen-bond acceptors (Lipinski definition) is 7. The minimum absolute atomic E-state index is 0.110. The molecule has 0 spiro atoms. The summed E-state index contributed by atoms with van der Waals surface area (Å²) in [5, 5.41) is 0.762. The molecule has 29 heavy (non-hydrogen) atoms. The van der Waals surface area contributed by atoms with Crippen LogP contribution in [0.4, 0.5) is 0 Å². The van der Waals surface area contributed by atoms with Gasteiger partial charge < -0.3 is 18.9 Å². The van der Waals surface area contributed by atoms with Crippen LogP contribution in [0.5, 0.6) is 5.75 Å². The molecule has 0 atom stereocenters. The molecule has 154 valence electrons. The number of rotatable bonds is 8. The van der Waals surface area contributed by atoms with Gasteiger partial charge in [-0.1, -0.05) is 11.6 Å². The molecule has 2 heterocycles. The van der Waals surface area contributed by atoms with Crippen LogP contribution in [0.1, 0.15) is 28.9 Å². The van der Waals surface area contributed by atoms with Gasteiger partial charge in [-0.25, -0.2) is 4.79 Å². The highest BCUT2D eigenvalue weighted by Crippen LogP contribution is 2.22. The van der Waals surface area contributed by atoms with Crippen molar-refractivity contribution in [2.45, 2.75) is 20.4 Å². The summed E-state index contributed by atoms with van der Waals surface area (Å²) in [6, 6.07) is 7.13. The standard InChI is InChI=1S/C20H22ClN3O5/c1-4-27-20(26)16-12(2)29-19-17(16)18(25)22-15(23-19)11-24(3)9-10-28-14-7-5-13(21)6-8-14/h5-8H,4,9-11H2,1-3H3,(H,22,23,25). The predicted molar refractivity (Wildman–Crippen MR) is 109 cm³/mol. The summed E-state index contributed by atoms with van der Waals surface area (Å²) in [5.74, 6) is 0.868. The second-order valence-corrected chi connectivity index (χ2v) is 6.92. The Morgan fingerprint density at radius 2 is 2.03 bits per heavy atom. The second kappa shape index (κ2) is 9.11. The van der Waals surface area contributed by atoms with E-state index in [0.29, 0.717) is 36.3 Å². The quantitative estimate of drug-likeness (QED) is 0.560. The van der Waals surface area contributed by atoms with Crippen LogP contribution in [0.2, 0.25) is 5.02 Å². The van der Waals surface area contributed by atoms with Crippen molar-refractivity contribution < 1.29 is 18.7 Å². The van der Waals surface area contributed by atoms with Crippen LogP contribution in [-0.4, -0.2) is 47.6 Å². The molecule has 0 fully saturated rings. The summed E-state index contributed by atoms with van der Waals surface area (Å²) in [4.78, 5) is 33.7. The Kier molecular flexibility index (Phi) is 6.56. The predicted octanol–water partition coefficient (Wildman–Crippen LogP) is 3.17. The van der Waals surface area contributed by atoms with Gasteiger partial charge in [-0.05, 0) is 45.2 Å². The highest BCUT2D eigenvalue weighted by Gasteiger charge is 2.23. The molecule has 0 radical (unpaired) electrons. The molecule has 1 aromatic carbocycles. The first kappa shape index (κ1) is 20.9. The van der Waals surface area contributed by atoms with E-state index in [2.05, 4.69) is 9.97 Å². The smallest absolute Gasteiger partial charge is 0.342 e. The summed E-state index contributed by atoms with van der Waals surface area (Å²) in [7, 11) is 1.88. The van der Waals surface area contributed by atoms with Crippen LogP contribution in [-0.2, 0) is 11.3 Å².